The normalized spacial score (nSPS) is 10.5. The number of aromatic amines is 1. The molecule has 0 unspecified atom stereocenters. The number of imidazole rings is 1. The number of nitrogens with one attached hydrogen (secondary N) is 1. The highest BCUT2D eigenvalue weighted by Gasteiger charge is 2.05. The molecule has 3 rings (SSSR count). The number of rotatable bonds is 2. The molecule has 0 spiro atoms. The SMILES string of the molecule is N#CCc1nc(-c2ccc3nc[nH]c3c2)cs1. The molecule has 0 aliphatic carbocycles. The molecule has 3 aromatic rings. The maximum Gasteiger partial charge on any atom is 0.107 e. The number of nitrogens with zero attached hydrogens (tertiary/aromatic N) is 3. The van der Waals surface area contributed by atoms with E-state index in [1.54, 1.807) is 6.33 Å². The van der Waals surface area contributed by atoms with Crippen LogP contribution >= 0.6 is 11.3 Å². The number of hydrogen-bond donors (Lipinski definition) is 1. The Morgan fingerprint density at radius 2 is 2.35 bits per heavy atom. The first-order valence-corrected chi connectivity index (χ1v) is 5.99. The van der Waals surface area contributed by atoms with Crippen LogP contribution in [0, 0.1) is 11.3 Å². The third kappa shape index (κ3) is 1.79. The van der Waals surface area contributed by atoms with Crippen LogP contribution in [-0.4, -0.2) is 15.0 Å². The molecule has 2 heterocycles. The molecular weight excluding hydrogens is 232 g/mol. The lowest BCUT2D eigenvalue weighted by Gasteiger charge is -1.96. The van der Waals surface area contributed by atoms with Crippen LogP contribution in [0.3, 0.4) is 0 Å². The number of fused-ring (bicyclic) bond motifs is 1. The van der Waals surface area contributed by atoms with Gasteiger partial charge in [0.1, 0.15) is 5.01 Å². The average molecular weight is 240 g/mol. The van der Waals surface area contributed by atoms with Gasteiger partial charge < -0.3 is 4.98 Å². The standard InChI is InChI=1S/C12H8N4S/c13-4-3-12-16-11(6-17-12)8-1-2-9-10(5-8)15-7-14-9/h1-2,5-7H,3H2,(H,14,15). The minimum absolute atomic E-state index is 0.372. The zero-order chi connectivity index (χ0) is 11.7. The summed E-state index contributed by atoms with van der Waals surface area (Å²) >= 11 is 1.52. The Hall–Kier alpha value is -2.19. The van der Waals surface area contributed by atoms with Gasteiger partial charge in [-0.1, -0.05) is 6.07 Å². The Morgan fingerprint density at radius 1 is 1.41 bits per heavy atom. The molecule has 1 N–H and O–H groups in total. The molecule has 0 radical (unpaired) electrons. The van der Waals surface area contributed by atoms with Gasteiger partial charge >= 0.3 is 0 Å². The van der Waals surface area contributed by atoms with Crippen molar-refractivity contribution in [1.82, 2.24) is 15.0 Å². The van der Waals surface area contributed by atoms with Gasteiger partial charge in [0.05, 0.1) is 35.5 Å². The van der Waals surface area contributed by atoms with Gasteiger partial charge in [0.25, 0.3) is 0 Å². The number of H-pyrrole nitrogens is 1. The first-order valence-electron chi connectivity index (χ1n) is 5.11. The van der Waals surface area contributed by atoms with Crippen molar-refractivity contribution in [3.63, 3.8) is 0 Å². The molecule has 5 heteroatoms. The molecule has 0 atom stereocenters. The summed E-state index contributed by atoms with van der Waals surface area (Å²) in [7, 11) is 0. The molecule has 0 amide bonds. The summed E-state index contributed by atoms with van der Waals surface area (Å²) < 4.78 is 0. The number of benzene rings is 1. The number of aromatic nitrogens is 3. The van der Waals surface area contributed by atoms with Crippen molar-refractivity contribution in [2.75, 3.05) is 0 Å². The Labute approximate surface area is 102 Å². The molecule has 4 nitrogen and oxygen atoms in total. The zero-order valence-electron chi connectivity index (χ0n) is 8.84. The topological polar surface area (TPSA) is 65.4 Å². The molecule has 1 aromatic carbocycles. The second-order valence-corrected chi connectivity index (χ2v) is 4.54. The van der Waals surface area contributed by atoms with Gasteiger partial charge in [-0.05, 0) is 12.1 Å². The largest absolute Gasteiger partial charge is 0.345 e. The minimum atomic E-state index is 0.372. The van der Waals surface area contributed by atoms with Gasteiger partial charge in [-0.25, -0.2) is 9.97 Å². The molecule has 0 aliphatic rings. The summed E-state index contributed by atoms with van der Waals surface area (Å²) in [6, 6.07) is 8.08. The molecule has 0 saturated carbocycles. The van der Waals surface area contributed by atoms with Gasteiger partial charge in [-0.2, -0.15) is 5.26 Å². The third-order valence-corrected chi connectivity index (χ3v) is 3.35. The van der Waals surface area contributed by atoms with E-state index in [4.69, 9.17) is 5.26 Å². The minimum Gasteiger partial charge on any atom is -0.345 e. The number of nitriles is 1. The van der Waals surface area contributed by atoms with Crippen LogP contribution in [0.2, 0.25) is 0 Å². The molecule has 0 saturated heterocycles. The summed E-state index contributed by atoms with van der Waals surface area (Å²) in [5.41, 5.74) is 3.90. The van der Waals surface area contributed by atoms with E-state index in [-0.39, 0.29) is 0 Å². The van der Waals surface area contributed by atoms with E-state index >= 15 is 0 Å². The molecule has 0 bridgehead atoms. The van der Waals surface area contributed by atoms with E-state index in [9.17, 15) is 0 Å². The lowest BCUT2D eigenvalue weighted by molar-refractivity contribution is 1.19. The summed E-state index contributed by atoms with van der Waals surface area (Å²) in [6.07, 6.45) is 2.05. The second-order valence-electron chi connectivity index (χ2n) is 3.60. The Bertz CT molecular complexity index is 704. The van der Waals surface area contributed by atoms with E-state index < -0.39 is 0 Å². The van der Waals surface area contributed by atoms with Crippen molar-refractivity contribution < 1.29 is 0 Å². The summed E-state index contributed by atoms with van der Waals surface area (Å²) in [6.45, 7) is 0. The molecule has 0 fully saturated rings. The first-order chi connectivity index (χ1) is 8.36. The lowest BCUT2D eigenvalue weighted by atomic mass is 10.1. The average Bonchev–Trinajstić information content (AvgIpc) is 2.96. The van der Waals surface area contributed by atoms with E-state index in [1.165, 1.54) is 11.3 Å². The predicted octanol–water partition coefficient (Wildman–Crippen LogP) is 2.75. The fraction of sp³-hybridized carbons (Fsp3) is 0.0833. The zero-order valence-corrected chi connectivity index (χ0v) is 9.66. The van der Waals surface area contributed by atoms with Crippen LogP contribution in [0.15, 0.2) is 29.9 Å². The van der Waals surface area contributed by atoms with E-state index in [1.807, 2.05) is 23.6 Å². The van der Waals surface area contributed by atoms with Crippen molar-refractivity contribution >= 4 is 22.4 Å². The van der Waals surface area contributed by atoms with Crippen molar-refractivity contribution in [2.45, 2.75) is 6.42 Å². The number of hydrogen-bond acceptors (Lipinski definition) is 4. The molecule has 82 valence electrons. The summed E-state index contributed by atoms with van der Waals surface area (Å²) in [4.78, 5) is 11.7. The fourth-order valence-electron chi connectivity index (χ4n) is 1.69. The van der Waals surface area contributed by atoms with Crippen LogP contribution in [0.4, 0.5) is 0 Å². The highest BCUT2D eigenvalue weighted by Crippen LogP contribution is 2.24. The van der Waals surface area contributed by atoms with E-state index in [0.717, 1.165) is 27.3 Å². The van der Waals surface area contributed by atoms with Crippen LogP contribution in [0.25, 0.3) is 22.3 Å². The number of thiazole rings is 1. The fourth-order valence-corrected chi connectivity index (χ4v) is 2.42. The van der Waals surface area contributed by atoms with E-state index in [0.29, 0.717) is 6.42 Å². The van der Waals surface area contributed by atoms with E-state index in [2.05, 4.69) is 21.0 Å². The predicted molar refractivity (Wildman–Crippen MR) is 66.5 cm³/mol. The van der Waals surface area contributed by atoms with Crippen LogP contribution in [-0.2, 0) is 6.42 Å². The third-order valence-electron chi connectivity index (χ3n) is 2.50. The molecule has 0 aliphatic heterocycles. The van der Waals surface area contributed by atoms with Crippen molar-refractivity contribution in [2.24, 2.45) is 0 Å². The van der Waals surface area contributed by atoms with Crippen molar-refractivity contribution in [3.8, 4) is 17.3 Å². The molecular formula is C12H8N4S. The van der Waals surface area contributed by atoms with Gasteiger partial charge in [0.2, 0.25) is 0 Å². The van der Waals surface area contributed by atoms with Crippen molar-refractivity contribution in [1.29, 1.82) is 5.26 Å². The Kier molecular flexibility index (Phi) is 2.35. The van der Waals surface area contributed by atoms with Crippen LogP contribution in [0.5, 0.6) is 0 Å². The van der Waals surface area contributed by atoms with Crippen molar-refractivity contribution in [3.05, 3.63) is 34.9 Å². The maximum absolute atomic E-state index is 8.62. The first kappa shape index (κ1) is 10.00. The van der Waals surface area contributed by atoms with Crippen LogP contribution < -0.4 is 0 Å². The maximum atomic E-state index is 8.62. The summed E-state index contributed by atoms with van der Waals surface area (Å²) in [5.74, 6) is 0. The highest BCUT2D eigenvalue weighted by atomic mass is 32.1. The van der Waals surface area contributed by atoms with Gasteiger partial charge in [0, 0.05) is 10.9 Å². The second kappa shape index (κ2) is 4.00. The summed E-state index contributed by atoms with van der Waals surface area (Å²) in [5, 5.41) is 11.4. The smallest absolute Gasteiger partial charge is 0.107 e. The van der Waals surface area contributed by atoms with Crippen LogP contribution in [0.1, 0.15) is 5.01 Å². The van der Waals surface area contributed by atoms with Gasteiger partial charge in [0.15, 0.2) is 0 Å². The Morgan fingerprint density at radius 3 is 3.24 bits per heavy atom. The monoisotopic (exact) mass is 240 g/mol. The quantitative estimate of drug-likeness (QED) is 0.749. The van der Waals surface area contributed by atoms with Gasteiger partial charge in [-0.3, -0.25) is 0 Å². The molecule has 2 aromatic heterocycles. The van der Waals surface area contributed by atoms with Gasteiger partial charge in [-0.15, -0.1) is 11.3 Å². The lowest BCUT2D eigenvalue weighted by Crippen LogP contribution is -1.81. The highest BCUT2D eigenvalue weighted by molar-refractivity contribution is 7.10. The Balaban J connectivity index is 2.04. The molecule has 17 heavy (non-hydrogen) atoms.